The molecular weight excluding hydrogens is 204 g/mol. The summed E-state index contributed by atoms with van der Waals surface area (Å²) < 4.78 is 4.96. The summed E-state index contributed by atoms with van der Waals surface area (Å²) >= 11 is 0. The Bertz CT molecular complexity index is 225. The van der Waals surface area contributed by atoms with Crippen molar-refractivity contribution in [3.05, 3.63) is 0 Å². The number of methoxy groups -OCH3 is 1. The smallest absolute Gasteiger partial charge is 0.324 e. The van der Waals surface area contributed by atoms with Crippen LogP contribution >= 0.6 is 0 Å². The van der Waals surface area contributed by atoms with Gasteiger partial charge in [-0.05, 0) is 0 Å². The molecule has 0 aromatic heterocycles. The highest BCUT2D eigenvalue weighted by Gasteiger charge is 2.44. The van der Waals surface area contributed by atoms with Gasteiger partial charge in [-0.1, -0.05) is 0 Å². The van der Waals surface area contributed by atoms with Crippen LogP contribution in [0.5, 0.6) is 0 Å². The van der Waals surface area contributed by atoms with Crippen LogP contribution in [0.15, 0.2) is 0 Å². The van der Waals surface area contributed by atoms with E-state index in [4.69, 9.17) is 14.9 Å². The topological polar surface area (TPSA) is 93.5 Å². The molecule has 1 rings (SSSR count). The first-order valence-electron chi connectivity index (χ1n) is 4.67. The predicted molar refractivity (Wildman–Crippen MR) is 49.8 cm³/mol. The Balaban J connectivity index is 2.76. The van der Waals surface area contributed by atoms with Crippen LogP contribution in [0.1, 0.15) is 0 Å². The standard InChI is InChI=1S/C8H16N2O5/c1-15-7-6(13)9(2-4-11)8(14)10(7)3-5-12/h6-7,11-13H,2-5H2,1H3. The SMILES string of the molecule is COC1C(O)N(CCO)C(=O)N1CCO. The molecule has 2 unspecified atom stereocenters. The second kappa shape index (κ2) is 5.26. The molecule has 1 heterocycles. The molecule has 15 heavy (non-hydrogen) atoms. The van der Waals surface area contributed by atoms with Gasteiger partial charge in [-0.15, -0.1) is 0 Å². The van der Waals surface area contributed by atoms with Gasteiger partial charge in [-0.3, -0.25) is 9.80 Å². The lowest BCUT2D eigenvalue weighted by atomic mass is 10.4. The lowest BCUT2D eigenvalue weighted by Gasteiger charge is -2.21. The number of nitrogens with zero attached hydrogens (tertiary/aromatic N) is 2. The molecule has 0 aliphatic carbocycles. The molecule has 2 amide bonds. The highest BCUT2D eigenvalue weighted by atomic mass is 16.5. The van der Waals surface area contributed by atoms with Crippen molar-refractivity contribution in [1.82, 2.24) is 9.80 Å². The molecule has 0 aromatic carbocycles. The summed E-state index contributed by atoms with van der Waals surface area (Å²) in [5, 5.41) is 27.2. The summed E-state index contributed by atoms with van der Waals surface area (Å²) in [7, 11) is 1.37. The number of amides is 2. The van der Waals surface area contributed by atoms with Crippen molar-refractivity contribution in [2.75, 3.05) is 33.4 Å². The van der Waals surface area contributed by atoms with Crippen LogP contribution in [0.25, 0.3) is 0 Å². The minimum Gasteiger partial charge on any atom is -0.395 e. The second-order valence-corrected chi connectivity index (χ2v) is 3.16. The number of urea groups is 1. The zero-order valence-corrected chi connectivity index (χ0v) is 8.54. The van der Waals surface area contributed by atoms with E-state index in [2.05, 4.69) is 0 Å². The maximum Gasteiger partial charge on any atom is 0.324 e. The van der Waals surface area contributed by atoms with Crippen LogP contribution in [-0.2, 0) is 4.74 Å². The molecular formula is C8H16N2O5. The average Bonchev–Trinajstić information content (AvgIpc) is 2.44. The lowest BCUT2D eigenvalue weighted by molar-refractivity contribution is -0.0915. The number of hydrogen-bond acceptors (Lipinski definition) is 5. The van der Waals surface area contributed by atoms with Crippen molar-refractivity contribution < 1.29 is 24.9 Å². The summed E-state index contributed by atoms with van der Waals surface area (Å²) in [6.45, 7) is -0.296. The molecule has 7 nitrogen and oxygen atoms in total. The van der Waals surface area contributed by atoms with Crippen LogP contribution in [0.2, 0.25) is 0 Å². The quantitative estimate of drug-likeness (QED) is 0.498. The summed E-state index contributed by atoms with van der Waals surface area (Å²) in [5.74, 6) is 0. The number of ether oxygens (including phenoxy) is 1. The van der Waals surface area contributed by atoms with E-state index in [1.54, 1.807) is 0 Å². The number of rotatable bonds is 5. The molecule has 1 aliphatic rings. The predicted octanol–water partition coefficient (Wildman–Crippen LogP) is -2.00. The Labute approximate surface area is 87.5 Å². The highest BCUT2D eigenvalue weighted by Crippen LogP contribution is 2.21. The van der Waals surface area contributed by atoms with Crippen molar-refractivity contribution in [1.29, 1.82) is 0 Å². The van der Waals surface area contributed by atoms with Gasteiger partial charge in [-0.2, -0.15) is 0 Å². The number of aliphatic hydroxyl groups excluding tert-OH is 3. The molecule has 88 valence electrons. The third-order valence-corrected chi connectivity index (χ3v) is 2.30. The Kier molecular flexibility index (Phi) is 4.28. The maximum atomic E-state index is 11.7. The number of aliphatic hydroxyl groups is 3. The molecule has 3 N–H and O–H groups in total. The highest BCUT2D eigenvalue weighted by molar-refractivity contribution is 5.77. The second-order valence-electron chi connectivity index (χ2n) is 3.16. The van der Waals surface area contributed by atoms with E-state index >= 15 is 0 Å². The van der Waals surface area contributed by atoms with Crippen LogP contribution in [0.3, 0.4) is 0 Å². The molecule has 1 fully saturated rings. The van der Waals surface area contributed by atoms with Gasteiger partial charge in [0.15, 0.2) is 12.5 Å². The fourth-order valence-corrected chi connectivity index (χ4v) is 1.62. The molecule has 0 saturated carbocycles. The fourth-order valence-electron chi connectivity index (χ4n) is 1.62. The Morgan fingerprint density at radius 1 is 1.27 bits per heavy atom. The van der Waals surface area contributed by atoms with Gasteiger partial charge in [0.2, 0.25) is 0 Å². The minimum atomic E-state index is -1.11. The molecule has 7 heteroatoms. The van der Waals surface area contributed by atoms with E-state index in [9.17, 15) is 9.90 Å². The van der Waals surface area contributed by atoms with Gasteiger partial charge in [0.25, 0.3) is 0 Å². The first-order valence-corrected chi connectivity index (χ1v) is 4.67. The summed E-state index contributed by atoms with van der Waals surface area (Å²) in [6, 6.07) is -0.447. The van der Waals surface area contributed by atoms with Gasteiger partial charge in [-0.25, -0.2) is 4.79 Å². The molecule has 0 spiro atoms. The number of carbonyl (C=O) groups excluding carboxylic acids is 1. The number of hydrogen-bond donors (Lipinski definition) is 3. The summed E-state index contributed by atoms with van der Waals surface area (Å²) in [5.41, 5.74) is 0. The van der Waals surface area contributed by atoms with E-state index in [1.807, 2.05) is 0 Å². The molecule has 2 atom stereocenters. The minimum absolute atomic E-state index is 0.0434. The van der Waals surface area contributed by atoms with Crippen molar-refractivity contribution in [3.8, 4) is 0 Å². The van der Waals surface area contributed by atoms with Crippen LogP contribution in [0.4, 0.5) is 4.79 Å². The normalized spacial score (nSPS) is 26.5. The Morgan fingerprint density at radius 3 is 2.27 bits per heavy atom. The maximum absolute atomic E-state index is 11.7. The number of β-amino-alcohol motifs (C(OH)–C–C–N with tert-alkyl or cyclic N) is 2. The van der Waals surface area contributed by atoms with Gasteiger partial charge in [0.1, 0.15) is 0 Å². The molecule has 1 saturated heterocycles. The van der Waals surface area contributed by atoms with E-state index < -0.39 is 18.5 Å². The monoisotopic (exact) mass is 220 g/mol. The van der Waals surface area contributed by atoms with Crippen molar-refractivity contribution in [2.45, 2.75) is 12.5 Å². The Hall–Kier alpha value is -0.890. The summed E-state index contributed by atoms with van der Waals surface area (Å²) in [6.07, 6.45) is -1.91. The van der Waals surface area contributed by atoms with Crippen molar-refractivity contribution in [3.63, 3.8) is 0 Å². The van der Waals surface area contributed by atoms with Crippen LogP contribution < -0.4 is 0 Å². The van der Waals surface area contributed by atoms with Gasteiger partial charge < -0.3 is 20.1 Å². The third kappa shape index (κ3) is 2.20. The Morgan fingerprint density at radius 2 is 1.80 bits per heavy atom. The van der Waals surface area contributed by atoms with Crippen molar-refractivity contribution in [2.24, 2.45) is 0 Å². The average molecular weight is 220 g/mol. The largest absolute Gasteiger partial charge is 0.395 e. The molecule has 0 radical (unpaired) electrons. The van der Waals surface area contributed by atoms with E-state index in [1.165, 1.54) is 12.0 Å². The van der Waals surface area contributed by atoms with Crippen LogP contribution in [0, 0.1) is 0 Å². The van der Waals surface area contributed by atoms with Gasteiger partial charge >= 0.3 is 6.03 Å². The van der Waals surface area contributed by atoms with E-state index in [0.717, 1.165) is 4.90 Å². The zero-order valence-electron chi connectivity index (χ0n) is 8.54. The van der Waals surface area contributed by atoms with Crippen LogP contribution in [-0.4, -0.2) is 77.0 Å². The molecule has 1 aliphatic heterocycles. The number of carbonyl (C=O) groups is 1. The first kappa shape index (κ1) is 12.2. The third-order valence-electron chi connectivity index (χ3n) is 2.30. The first-order chi connectivity index (χ1) is 7.17. The summed E-state index contributed by atoms with van der Waals surface area (Å²) in [4.78, 5) is 14.0. The van der Waals surface area contributed by atoms with E-state index in [-0.39, 0.29) is 26.3 Å². The zero-order chi connectivity index (χ0) is 11.4. The molecule has 0 bridgehead atoms. The van der Waals surface area contributed by atoms with Gasteiger partial charge in [0.05, 0.1) is 13.2 Å². The lowest BCUT2D eigenvalue weighted by Crippen LogP contribution is -2.40. The van der Waals surface area contributed by atoms with Crippen molar-refractivity contribution >= 4 is 6.03 Å². The fraction of sp³-hybridized carbons (Fsp3) is 0.875. The molecule has 0 aromatic rings. The van der Waals surface area contributed by atoms with E-state index in [0.29, 0.717) is 0 Å². The van der Waals surface area contributed by atoms with Gasteiger partial charge in [0, 0.05) is 20.2 Å².